The zero-order chi connectivity index (χ0) is 26.1. The summed E-state index contributed by atoms with van der Waals surface area (Å²) in [5, 5.41) is 1.32. The van der Waals surface area contributed by atoms with Crippen LogP contribution in [-0.2, 0) is 14.3 Å². The molecule has 4 rings (SSSR count). The van der Waals surface area contributed by atoms with Crippen LogP contribution in [0.15, 0.2) is 71.8 Å². The molecule has 194 valence electrons. The molecule has 2 fully saturated rings. The number of likely N-dealkylation sites (tertiary alicyclic amines) is 1. The summed E-state index contributed by atoms with van der Waals surface area (Å²) in [6.07, 6.45) is 13.0. The first-order valence-electron chi connectivity index (χ1n) is 12.8. The van der Waals surface area contributed by atoms with Crippen LogP contribution in [0.2, 0.25) is 5.02 Å². The van der Waals surface area contributed by atoms with Crippen LogP contribution in [0, 0.1) is 5.41 Å². The van der Waals surface area contributed by atoms with Crippen LogP contribution in [0.4, 0.5) is 0 Å². The fraction of sp³-hybridized carbons (Fsp3) is 0.500. The van der Waals surface area contributed by atoms with Crippen LogP contribution in [-0.4, -0.2) is 41.4 Å². The molecule has 0 spiro atoms. The molecule has 0 bridgehead atoms. The van der Waals surface area contributed by atoms with E-state index in [9.17, 15) is 4.79 Å². The molecule has 0 N–H and O–H groups in total. The van der Waals surface area contributed by atoms with Gasteiger partial charge in [0.15, 0.2) is 5.79 Å². The predicted octanol–water partition coefficient (Wildman–Crippen LogP) is 7.55. The number of hydrogen-bond acceptors (Lipinski definition) is 3. The molecule has 0 radical (unpaired) electrons. The number of carbonyl (C=O) groups is 1. The molecule has 1 aliphatic carbocycles. The van der Waals surface area contributed by atoms with Gasteiger partial charge in [-0.25, -0.2) is 0 Å². The minimum Gasteiger partial charge on any atom is -0.348 e. The fourth-order valence-electron chi connectivity index (χ4n) is 5.91. The predicted molar refractivity (Wildman–Crippen MR) is 147 cm³/mol. The number of amides is 1. The molecular weight excluding hydrogens is 493 g/mol. The molecule has 4 nitrogen and oxygen atoms in total. The van der Waals surface area contributed by atoms with E-state index in [1.165, 1.54) is 0 Å². The lowest BCUT2D eigenvalue weighted by Crippen LogP contribution is -2.59. The first-order valence-corrected chi connectivity index (χ1v) is 13.5. The molecule has 2 aliphatic heterocycles. The van der Waals surface area contributed by atoms with Crippen LogP contribution < -0.4 is 0 Å². The summed E-state index contributed by atoms with van der Waals surface area (Å²) >= 11 is 12.7. The van der Waals surface area contributed by atoms with Gasteiger partial charge < -0.3 is 14.4 Å². The molecule has 3 aliphatic rings. The molecule has 1 aromatic carbocycles. The molecule has 0 saturated carbocycles. The SMILES string of the molecule is C=C(/C=C\C(Cl)=C/C)[C@@H]1[C@@H](c2cccc(Cl)c2)CC(C)(CC2COC(C)(C)O2)C(=O)N1C1C=CCC1. The van der Waals surface area contributed by atoms with E-state index in [0.717, 1.165) is 24.0 Å². The van der Waals surface area contributed by atoms with E-state index in [1.54, 1.807) is 0 Å². The van der Waals surface area contributed by atoms with Gasteiger partial charge in [0.05, 0.1) is 24.8 Å². The van der Waals surface area contributed by atoms with Crippen molar-refractivity contribution in [2.75, 3.05) is 6.61 Å². The molecule has 1 aromatic rings. The Morgan fingerprint density at radius 1 is 1.28 bits per heavy atom. The van der Waals surface area contributed by atoms with Crippen molar-refractivity contribution in [3.05, 3.63) is 82.4 Å². The third-order valence-electron chi connectivity index (χ3n) is 7.58. The number of rotatable bonds is 7. The minimum atomic E-state index is -0.632. The van der Waals surface area contributed by atoms with Gasteiger partial charge in [0.1, 0.15) is 0 Å². The van der Waals surface area contributed by atoms with E-state index in [-0.39, 0.29) is 30.0 Å². The Morgan fingerprint density at radius 3 is 2.67 bits per heavy atom. The maximum absolute atomic E-state index is 14.4. The molecule has 6 heteroatoms. The van der Waals surface area contributed by atoms with E-state index < -0.39 is 11.2 Å². The number of carbonyl (C=O) groups excluding carboxylic acids is 1. The first kappa shape index (κ1) is 27.2. The standard InChI is InChI=1S/C30H37Cl2NO3/c1-6-22(31)15-14-20(2)27-26(21-10-9-11-23(32)16-21)18-30(5,17-25-19-35-29(3,4)36-25)28(34)33(27)24-12-7-8-13-24/h6-7,9-12,14-16,24-27H,2,8,13,17-19H2,1,3-5H3/b15-14-,22-6+/t24?,25?,26-,27-,30?/m1/s1. The summed E-state index contributed by atoms with van der Waals surface area (Å²) in [4.78, 5) is 16.5. The molecule has 5 atom stereocenters. The topological polar surface area (TPSA) is 38.8 Å². The van der Waals surface area contributed by atoms with Crippen LogP contribution >= 0.6 is 23.2 Å². The average Bonchev–Trinajstić information content (AvgIpc) is 3.48. The van der Waals surface area contributed by atoms with Crippen molar-refractivity contribution < 1.29 is 14.3 Å². The number of piperidine rings is 1. The van der Waals surface area contributed by atoms with Crippen molar-refractivity contribution in [2.24, 2.45) is 5.41 Å². The van der Waals surface area contributed by atoms with Gasteiger partial charge in [-0.3, -0.25) is 4.79 Å². The van der Waals surface area contributed by atoms with Crippen molar-refractivity contribution in [2.45, 2.75) is 83.3 Å². The lowest BCUT2D eigenvalue weighted by atomic mass is 9.66. The highest BCUT2D eigenvalue weighted by atomic mass is 35.5. The van der Waals surface area contributed by atoms with Gasteiger partial charge in [-0.15, -0.1) is 0 Å². The van der Waals surface area contributed by atoms with Crippen molar-refractivity contribution in [1.82, 2.24) is 4.90 Å². The Bertz CT molecular complexity index is 1090. The fourth-order valence-corrected chi connectivity index (χ4v) is 6.18. The first-order chi connectivity index (χ1) is 17.0. The molecule has 2 heterocycles. The molecule has 2 saturated heterocycles. The Balaban J connectivity index is 1.77. The lowest BCUT2D eigenvalue weighted by Gasteiger charge is -2.52. The lowest BCUT2D eigenvalue weighted by molar-refractivity contribution is -0.160. The molecule has 1 amide bonds. The van der Waals surface area contributed by atoms with E-state index in [0.29, 0.717) is 29.5 Å². The smallest absolute Gasteiger partial charge is 0.229 e. The molecular formula is C30H37Cl2NO3. The van der Waals surface area contributed by atoms with Crippen molar-refractivity contribution in [3.8, 4) is 0 Å². The highest BCUT2D eigenvalue weighted by Gasteiger charge is 2.53. The minimum absolute atomic E-state index is 0.0114. The quantitative estimate of drug-likeness (QED) is 0.270. The van der Waals surface area contributed by atoms with Crippen molar-refractivity contribution in [3.63, 3.8) is 0 Å². The summed E-state index contributed by atoms with van der Waals surface area (Å²) in [7, 11) is 0. The van der Waals surface area contributed by atoms with Gasteiger partial charge in [-0.2, -0.15) is 0 Å². The summed E-state index contributed by atoms with van der Waals surface area (Å²) < 4.78 is 12.0. The van der Waals surface area contributed by atoms with Crippen LogP contribution in [0.5, 0.6) is 0 Å². The number of nitrogens with zero attached hydrogens (tertiary/aromatic N) is 1. The normalized spacial score (nSPS) is 32.6. The third kappa shape index (κ3) is 5.83. The maximum Gasteiger partial charge on any atom is 0.229 e. The maximum atomic E-state index is 14.4. The third-order valence-corrected chi connectivity index (χ3v) is 8.16. The highest BCUT2D eigenvalue weighted by molar-refractivity contribution is 6.31. The van der Waals surface area contributed by atoms with Gasteiger partial charge in [0.2, 0.25) is 5.91 Å². The number of halogens is 2. The summed E-state index contributed by atoms with van der Waals surface area (Å²) in [5.74, 6) is -0.480. The van der Waals surface area contributed by atoms with Crippen molar-refractivity contribution >= 4 is 29.1 Å². The Kier molecular flexibility index (Phi) is 8.21. The van der Waals surface area contributed by atoms with Crippen molar-refractivity contribution in [1.29, 1.82) is 0 Å². The van der Waals surface area contributed by atoms with Gasteiger partial charge in [-0.1, -0.05) is 73.1 Å². The molecule has 3 unspecified atom stereocenters. The highest BCUT2D eigenvalue weighted by Crippen LogP contribution is 2.50. The van der Waals surface area contributed by atoms with Gasteiger partial charge in [0, 0.05) is 21.4 Å². The van der Waals surface area contributed by atoms with Gasteiger partial charge >= 0.3 is 0 Å². The largest absolute Gasteiger partial charge is 0.348 e. The average molecular weight is 531 g/mol. The van der Waals surface area contributed by atoms with Crippen LogP contribution in [0.25, 0.3) is 0 Å². The summed E-state index contributed by atoms with van der Waals surface area (Å²) in [6, 6.07) is 7.79. The van der Waals surface area contributed by atoms with E-state index in [1.807, 2.05) is 57.2 Å². The number of allylic oxidation sites excluding steroid dienone is 4. The zero-order valence-corrected chi connectivity index (χ0v) is 23.2. The second-order valence-electron chi connectivity index (χ2n) is 10.9. The monoisotopic (exact) mass is 529 g/mol. The number of hydrogen-bond donors (Lipinski definition) is 0. The number of benzene rings is 1. The zero-order valence-electron chi connectivity index (χ0n) is 21.7. The van der Waals surface area contributed by atoms with E-state index >= 15 is 0 Å². The summed E-state index contributed by atoms with van der Waals surface area (Å²) in [6.45, 7) is 12.7. The van der Waals surface area contributed by atoms with E-state index in [4.69, 9.17) is 32.7 Å². The second kappa shape index (κ2) is 10.9. The van der Waals surface area contributed by atoms with Crippen LogP contribution in [0.3, 0.4) is 0 Å². The Morgan fingerprint density at radius 2 is 2.06 bits per heavy atom. The number of ether oxygens (including phenoxy) is 2. The molecule has 36 heavy (non-hydrogen) atoms. The Hall–Kier alpha value is -1.85. The van der Waals surface area contributed by atoms with Gasteiger partial charge in [0.25, 0.3) is 0 Å². The molecule has 0 aromatic heterocycles. The second-order valence-corrected chi connectivity index (χ2v) is 11.8. The van der Waals surface area contributed by atoms with Gasteiger partial charge in [-0.05, 0) is 75.8 Å². The van der Waals surface area contributed by atoms with E-state index in [2.05, 4.69) is 36.6 Å². The van der Waals surface area contributed by atoms with Crippen LogP contribution in [0.1, 0.15) is 64.9 Å². The summed E-state index contributed by atoms with van der Waals surface area (Å²) in [5.41, 5.74) is 1.34. The Labute approximate surface area is 225 Å².